The lowest BCUT2D eigenvalue weighted by molar-refractivity contribution is -0.116. The van der Waals surface area contributed by atoms with E-state index in [1.165, 1.54) is 11.1 Å². The van der Waals surface area contributed by atoms with E-state index >= 15 is 0 Å². The minimum atomic E-state index is 0.0823. The number of nitrogens with one attached hydrogen (secondary N) is 1. The number of hydrogen-bond donors (Lipinski definition) is 2. The SMILES string of the molecule is CCc1cccc2c1NC(=O)CC2CN. The van der Waals surface area contributed by atoms with Crippen molar-refractivity contribution >= 4 is 11.6 Å². The van der Waals surface area contributed by atoms with E-state index in [0.717, 1.165) is 12.1 Å². The maximum Gasteiger partial charge on any atom is 0.225 e. The van der Waals surface area contributed by atoms with E-state index < -0.39 is 0 Å². The lowest BCUT2D eigenvalue weighted by Gasteiger charge is -2.26. The van der Waals surface area contributed by atoms with Crippen LogP contribution in [-0.4, -0.2) is 12.5 Å². The largest absolute Gasteiger partial charge is 0.330 e. The molecule has 15 heavy (non-hydrogen) atoms. The molecule has 1 atom stereocenters. The number of anilines is 1. The summed E-state index contributed by atoms with van der Waals surface area (Å²) < 4.78 is 0. The van der Waals surface area contributed by atoms with Crippen molar-refractivity contribution in [2.24, 2.45) is 5.73 Å². The molecule has 0 fully saturated rings. The van der Waals surface area contributed by atoms with Crippen molar-refractivity contribution in [3.8, 4) is 0 Å². The maximum atomic E-state index is 11.5. The Labute approximate surface area is 89.7 Å². The average Bonchev–Trinajstić information content (AvgIpc) is 2.27. The Hall–Kier alpha value is -1.35. The van der Waals surface area contributed by atoms with Gasteiger partial charge in [-0.1, -0.05) is 25.1 Å². The van der Waals surface area contributed by atoms with Crippen molar-refractivity contribution in [1.29, 1.82) is 0 Å². The lowest BCUT2D eigenvalue weighted by Crippen LogP contribution is -2.27. The van der Waals surface area contributed by atoms with Gasteiger partial charge < -0.3 is 11.1 Å². The summed E-state index contributed by atoms with van der Waals surface area (Å²) in [6.45, 7) is 2.63. The van der Waals surface area contributed by atoms with Gasteiger partial charge in [0.05, 0.1) is 0 Å². The molecular formula is C12H16N2O. The number of hydrogen-bond acceptors (Lipinski definition) is 2. The van der Waals surface area contributed by atoms with Gasteiger partial charge in [-0.3, -0.25) is 4.79 Å². The van der Waals surface area contributed by atoms with Crippen LogP contribution in [-0.2, 0) is 11.2 Å². The maximum absolute atomic E-state index is 11.5. The molecular weight excluding hydrogens is 188 g/mol. The van der Waals surface area contributed by atoms with Gasteiger partial charge in [-0.15, -0.1) is 0 Å². The number of nitrogens with two attached hydrogens (primary N) is 1. The summed E-state index contributed by atoms with van der Waals surface area (Å²) in [4.78, 5) is 11.5. The highest BCUT2D eigenvalue weighted by molar-refractivity contribution is 5.95. The molecule has 1 aromatic rings. The Balaban J connectivity index is 2.49. The molecule has 0 radical (unpaired) electrons. The number of para-hydroxylation sites is 1. The Kier molecular flexibility index (Phi) is 2.73. The number of benzene rings is 1. The second-order valence-corrected chi connectivity index (χ2v) is 3.92. The first kappa shape index (κ1) is 10.2. The van der Waals surface area contributed by atoms with Crippen LogP contribution in [0.5, 0.6) is 0 Å². The van der Waals surface area contributed by atoms with E-state index in [1.807, 2.05) is 6.07 Å². The Morgan fingerprint density at radius 1 is 1.53 bits per heavy atom. The molecule has 1 heterocycles. The fourth-order valence-corrected chi connectivity index (χ4v) is 2.14. The van der Waals surface area contributed by atoms with Gasteiger partial charge in [0.1, 0.15) is 0 Å². The summed E-state index contributed by atoms with van der Waals surface area (Å²) in [5.74, 6) is 0.263. The molecule has 3 heteroatoms. The molecule has 1 amide bonds. The van der Waals surface area contributed by atoms with Gasteiger partial charge in [0, 0.05) is 18.0 Å². The zero-order valence-electron chi connectivity index (χ0n) is 8.92. The zero-order chi connectivity index (χ0) is 10.8. The standard InChI is InChI=1S/C12H16N2O/c1-2-8-4-3-5-10-9(7-13)6-11(15)14-12(8)10/h3-5,9H,2,6-7,13H2,1H3,(H,14,15). The van der Waals surface area contributed by atoms with Gasteiger partial charge in [0.25, 0.3) is 0 Å². The quantitative estimate of drug-likeness (QED) is 0.769. The predicted molar refractivity (Wildman–Crippen MR) is 60.9 cm³/mol. The third kappa shape index (κ3) is 1.75. The van der Waals surface area contributed by atoms with Gasteiger partial charge >= 0.3 is 0 Å². The third-order valence-corrected chi connectivity index (χ3v) is 2.98. The molecule has 0 spiro atoms. The highest BCUT2D eigenvalue weighted by Crippen LogP contribution is 2.34. The molecule has 1 aliphatic heterocycles. The number of amides is 1. The number of carbonyl (C=O) groups excluding carboxylic acids is 1. The van der Waals surface area contributed by atoms with Gasteiger partial charge in [0.15, 0.2) is 0 Å². The molecule has 2 rings (SSSR count). The molecule has 3 N–H and O–H groups in total. The highest BCUT2D eigenvalue weighted by Gasteiger charge is 2.24. The van der Waals surface area contributed by atoms with E-state index in [2.05, 4.69) is 24.4 Å². The predicted octanol–water partition coefficient (Wildman–Crippen LogP) is 1.63. The van der Waals surface area contributed by atoms with Gasteiger partial charge in [-0.05, 0) is 24.1 Å². The normalized spacial score (nSPS) is 19.6. The van der Waals surface area contributed by atoms with Crippen molar-refractivity contribution in [2.75, 3.05) is 11.9 Å². The first-order valence-corrected chi connectivity index (χ1v) is 5.38. The smallest absolute Gasteiger partial charge is 0.225 e. The van der Waals surface area contributed by atoms with E-state index in [-0.39, 0.29) is 11.8 Å². The molecule has 3 nitrogen and oxygen atoms in total. The van der Waals surface area contributed by atoms with Crippen molar-refractivity contribution in [3.05, 3.63) is 29.3 Å². The van der Waals surface area contributed by atoms with Crippen LogP contribution >= 0.6 is 0 Å². The number of aryl methyl sites for hydroxylation is 1. The Bertz CT molecular complexity index is 387. The summed E-state index contributed by atoms with van der Waals surface area (Å²) in [6, 6.07) is 6.15. The molecule has 1 unspecified atom stereocenters. The molecule has 0 aromatic heterocycles. The van der Waals surface area contributed by atoms with Gasteiger partial charge in [-0.2, -0.15) is 0 Å². The summed E-state index contributed by atoms with van der Waals surface area (Å²) in [5.41, 5.74) is 9.07. The van der Waals surface area contributed by atoms with Crippen LogP contribution in [0.3, 0.4) is 0 Å². The van der Waals surface area contributed by atoms with Crippen molar-refractivity contribution in [1.82, 2.24) is 0 Å². The topological polar surface area (TPSA) is 55.1 Å². The first-order chi connectivity index (χ1) is 7.26. The van der Waals surface area contributed by atoms with Crippen LogP contribution in [0.15, 0.2) is 18.2 Å². The molecule has 0 aliphatic carbocycles. The van der Waals surface area contributed by atoms with Crippen LogP contribution in [0, 0.1) is 0 Å². The van der Waals surface area contributed by atoms with Crippen LogP contribution in [0.2, 0.25) is 0 Å². The minimum absolute atomic E-state index is 0.0823. The fraction of sp³-hybridized carbons (Fsp3) is 0.417. The van der Waals surface area contributed by atoms with Crippen molar-refractivity contribution < 1.29 is 4.79 Å². The van der Waals surface area contributed by atoms with Gasteiger partial charge in [0.2, 0.25) is 5.91 Å². The zero-order valence-corrected chi connectivity index (χ0v) is 8.92. The monoisotopic (exact) mass is 204 g/mol. The molecule has 80 valence electrons. The van der Waals surface area contributed by atoms with Crippen LogP contribution in [0.25, 0.3) is 0 Å². The van der Waals surface area contributed by atoms with Crippen LogP contribution in [0.4, 0.5) is 5.69 Å². The first-order valence-electron chi connectivity index (χ1n) is 5.38. The summed E-state index contributed by atoms with van der Waals surface area (Å²) >= 11 is 0. The van der Waals surface area contributed by atoms with E-state index in [0.29, 0.717) is 13.0 Å². The molecule has 0 saturated carbocycles. The minimum Gasteiger partial charge on any atom is -0.330 e. The highest BCUT2D eigenvalue weighted by atomic mass is 16.1. The second kappa shape index (κ2) is 4.03. The summed E-state index contributed by atoms with van der Waals surface area (Å²) in [7, 11) is 0. The van der Waals surface area contributed by atoms with E-state index in [9.17, 15) is 4.79 Å². The molecule has 1 aromatic carbocycles. The number of fused-ring (bicyclic) bond motifs is 1. The molecule has 0 saturated heterocycles. The van der Waals surface area contributed by atoms with Crippen LogP contribution < -0.4 is 11.1 Å². The van der Waals surface area contributed by atoms with E-state index in [1.54, 1.807) is 0 Å². The molecule has 0 bridgehead atoms. The lowest BCUT2D eigenvalue weighted by atomic mass is 9.88. The van der Waals surface area contributed by atoms with Crippen LogP contribution in [0.1, 0.15) is 30.4 Å². The fourth-order valence-electron chi connectivity index (χ4n) is 2.14. The third-order valence-electron chi connectivity index (χ3n) is 2.98. The second-order valence-electron chi connectivity index (χ2n) is 3.92. The number of carbonyl (C=O) groups is 1. The summed E-state index contributed by atoms with van der Waals surface area (Å²) in [6.07, 6.45) is 1.44. The van der Waals surface area contributed by atoms with Crippen molar-refractivity contribution in [2.45, 2.75) is 25.7 Å². The van der Waals surface area contributed by atoms with Gasteiger partial charge in [-0.25, -0.2) is 0 Å². The average molecular weight is 204 g/mol. The molecule has 1 aliphatic rings. The Morgan fingerprint density at radius 2 is 2.33 bits per heavy atom. The number of rotatable bonds is 2. The van der Waals surface area contributed by atoms with E-state index in [4.69, 9.17) is 5.73 Å². The van der Waals surface area contributed by atoms with Crippen molar-refractivity contribution in [3.63, 3.8) is 0 Å². The summed E-state index contributed by atoms with van der Waals surface area (Å²) in [5, 5.41) is 2.95. The Morgan fingerprint density at radius 3 is 3.00 bits per heavy atom.